The van der Waals surface area contributed by atoms with Gasteiger partial charge in [0.2, 0.25) is 6.33 Å². The van der Waals surface area contributed by atoms with E-state index in [1.54, 1.807) is 0 Å². The van der Waals surface area contributed by atoms with Gasteiger partial charge in [0.05, 0.1) is 6.54 Å². The maximum atomic E-state index is 12.0. The molecule has 0 fully saturated rings. The van der Waals surface area contributed by atoms with Gasteiger partial charge in [0.1, 0.15) is 24.5 Å². The van der Waals surface area contributed by atoms with Gasteiger partial charge in [-0.25, -0.2) is 9.13 Å². The van der Waals surface area contributed by atoms with E-state index in [4.69, 9.17) is 0 Å². The summed E-state index contributed by atoms with van der Waals surface area (Å²) in [7, 11) is 0. The predicted octanol–water partition coefficient (Wildman–Crippen LogP) is 5.09. The Hall–Kier alpha value is -1.87. The molecule has 0 radical (unpaired) electrons. The van der Waals surface area contributed by atoms with Crippen molar-refractivity contribution in [3.63, 3.8) is 0 Å². The van der Waals surface area contributed by atoms with Gasteiger partial charge >= 0.3 is 0 Å². The van der Waals surface area contributed by atoms with E-state index in [-0.39, 0.29) is 0 Å². The van der Waals surface area contributed by atoms with E-state index in [2.05, 4.69) is 69.4 Å². The van der Waals surface area contributed by atoms with Crippen molar-refractivity contribution >= 4 is 0 Å². The van der Waals surface area contributed by atoms with Gasteiger partial charge in [-0.3, -0.25) is 0 Å². The first-order valence-corrected chi connectivity index (χ1v) is 10.3. The molecule has 0 bridgehead atoms. The first kappa shape index (κ1) is 21.4. The number of benzene rings is 1. The summed E-state index contributed by atoms with van der Waals surface area (Å²) in [6.45, 7) is 14.7. The minimum absolute atomic E-state index is 0.402. The third-order valence-electron chi connectivity index (χ3n) is 5.48. The Morgan fingerprint density at radius 3 is 2.30 bits per heavy atom. The number of hydrogen-bond donors (Lipinski definition) is 1. The Labute approximate surface area is 165 Å². The van der Waals surface area contributed by atoms with Crippen molar-refractivity contribution in [2.24, 2.45) is 11.8 Å². The highest BCUT2D eigenvalue weighted by molar-refractivity contribution is 5.35. The summed E-state index contributed by atoms with van der Waals surface area (Å²) in [6.07, 6.45) is 8.63. The van der Waals surface area contributed by atoms with Crippen LogP contribution in [0.15, 0.2) is 60.2 Å². The van der Waals surface area contributed by atoms with Crippen molar-refractivity contribution in [2.45, 2.75) is 73.1 Å². The van der Waals surface area contributed by atoms with Crippen LogP contribution in [0.25, 0.3) is 0 Å². The third kappa shape index (κ3) is 5.10. The van der Waals surface area contributed by atoms with E-state index < -0.39 is 5.60 Å². The molecule has 1 aromatic heterocycles. The number of imidazole rings is 1. The summed E-state index contributed by atoms with van der Waals surface area (Å²) in [4.78, 5) is 0. The minimum Gasteiger partial charge on any atom is -0.377 e. The van der Waals surface area contributed by atoms with Crippen LogP contribution >= 0.6 is 0 Å². The van der Waals surface area contributed by atoms with Crippen molar-refractivity contribution in [3.05, 3.63) is 65.8 Å². The van der Waals surface area contributed by atoms with Crippen molar-refractivity contribution in [1.82, 2.24) is 4.57 Å². The predicted molar refractivity (Wildman–Crippen MR) is 112 cm³/mol. The molecule has 3 nitrogen and oxygen atoms in total. The topological polar surface area (TPSA) is 29.0 Å². The molecule has 1 heterocycles. The second kappa shape index (κ2) is 9.36. The molecule has 1 N–H and O–H groups in total. The fourth-order valence-electron chi connectivity index (χ4n) is 4.18. The Kier molecular flexibility index (Phi) is 7.43. The second-order valence-electron chi connectivity index (χ2n) is 8.29. The average molecular weight is 370 g/mol. The Balaban J connectivity index is 2.48. The molecule has 0 aliphatic carbocycles. The van der Waals surface area contributed by atoms with Crippen LogP contribution in [0.2, 0.25) is 0 Å². The second-order valence-corrected chi connectivity index (χ2v) is 8.29. The van der Waals surface area contributed by atoms with Crippen molar-refractivity contribution in [1.29, 1.82) is 0 Å². The van der Waals surface area contributed by atoms with Crippen molar-refractivity contribution < 1.29 is 9.67 Å². The molecule has 0 aliphatic heterocycles. The smallest absolute Gasteiger partial charge is 0.243 e. The molecule has 0 spiro atoms. The summed E-state index contributed by atoms with van der Waals surface area (Å²) in [5, 5.41) is 12.0. The lowest BCUT2D eigenvalue weighted by molar-refractivity contribution is -0.709. The third-order valence-corrected chi connectivity index (χ3v) is 5.48. The standard InChI is InChI=1S/C24H37N2O/c1-7-8-14-25-15-16-26(18-25)17-24(27,22-12-10-9-11-13-22)21(6)23(19(2)3)20(4)5/h9-13,15-16,18-20,27H,7-8,14,17H2,1-6H3/q+1. The molecule has 3 heteroatoms. The fraction of sp³-hybridized carbons (Fsp3) is 0.542. The molecular weight excluding hydrogens is 332 g/mol. The van der Waals surface area contributed by atoms with E-state index >= 15 is 0 Å². The molecule has 0 amide bonds. The van der Waals surface area contributed by atoms with E-state index in [0.717, 1.165) is 17.7 Å². The van der Waals surface area contributed by atoms with Crippen LogP contribution in [0.4, 0.5) is 0 Å². The zero-order chi connectivity index (χ0) is 20.0. The van der Waals surface area contributed by atoms with Crippen LogP contribution in [-0.2, 0) is 18.7 Å². The monoisotopic (exact) mass is 369 g/mol. The largest absolute Gasteiger partial charge is 0.377 e. The number of unbranched alkanes of at least 4 members (excludes halogenated alkanes) is 1. The van der Waals surface area contributed by atoms with Gasteiger partial charge in [0.15, 0.2) is 0 Å². The molecule has 1 aromatic carbocycles. The van der Waals surface area contributed by atoms with Crippen LogP contribution in [0, 0.1) is 11.8 Å². The molecule has 0 aliphatic rings. The average Bonchev–Trinajstić information content (AvgIpc) is 3.07. The van der Waals surface area contributed by atoms with Crippen LogP contribution in [0.1, 0.15) is 59.9 Å². The number of aromatic nitrogens is 2. The summed E-state index contributed by atoms with van der Waals surface area (Å²) in [5.74, 6) is 0.804. The van der Waals surface area contributed by atoms with Gasteiger partial charge in [-0.05, 0) is 36.3 Å². The number of rotatable bonds is 9. The van der Waals surface area contributed by atoms with Gasteiger partial charge in [0.25, 0.3) is 0 Å². The molecule has 2 aromatic rings. The lowest BCUT2D eigenvalue weighted by Crippen LogP contribution is -2.46. The van der Waals surface area contributed by atoms with E-state index in [0.29, 0.717) is 18.4 Å². The highest BCUT2D eigenvalue weighted by Crippen LogP contribution is 2.36. The molecule has 148 valence electrons. The van der Waals surface area contributed by atoms with Crippen LogP contribution in [0.3, 0.4) is 0 Å². The molecule has 27 heavy (non-hydrogen) atoms. The zero-order valence-electron chi connectivity index (χ0n) is 17.9. The molecule has 2 rings (SSSR count). The lowest BCUT2D eigenvalue weighted by atomic mass is 9.78. The molecule has 0 saturated carbocycles. The number of aliphatic hydroxyl groups is 1. The quantitative estimate of drug-likeness (QED) is 0.484. The first-order chi connectivity index (χ1) is 12.8. The number of nitrogens with zero attached hydrogens (tertiary/aromatic N) is 2. The van der Waals surface area contributed by atoms with E-state index in [1.807, 2.05) is 30.3 Å². The van der Waals surface area contributed by atoms with Crippen LogP contribution in [0.5, 0.6) is 0 Å². The molecule has 0 saturated heterocycles. The van der Waals surface area contributed by atoms with E-state index in [9.17, 15) is 5.11 Å². The van der Waals surface area contributed by atoms with E-state index in [1.165, 1.54) is 18.4 Å². The molecular formula is C24H37N2O+. The Morgan fingerprint density at radius 1 is 1.11 bits per heavy atom. The number of hydrogen-bond acceptors (Lipinski definition) is 1. The fourth-order valence-corrected chi connectivity index (χ4v) is 4.18. The summed E-state index contributed by atoms with van der Waals surface area (Å²) < 4.78 is 4.32. The summed E-state index contributed by atoms with van der Waals surface area (Å²) in [5.41, 5.74) is 2.35. The van der Waals surface area contributed by atoms with Crippen LogP contribution in [-0.4, -0.2) is 9.67 Å². The lowest BCUT2D eigenvalue weighted by Gasteiger charge is -2.33. The summed E-state index contributed by atoms with van der Waals surface area (Å²) >= 11 is 0. The van der Waals surface area contributed by atoms with Crippen molar-refractivity contribution in [2.75, 3.05) is 0 Å². The van der Waals surface area contributed by atoms with Gasteiger partial charge in [-0.2, -0.15) is 0 Å². The van der Waals surface area contributed by atoms with Crippen molar-refractivity contribution in [3.8, 4) is 0 Å². The Bertz CT molecular complexity index is 733. The first-order valence-electron chi connectivity index (χ1n) is 10.3. The summed E-state index contributed by atoms with van der Waals surface area (Å²) in [6, 6.07) is 10.1. The van der Waals surface area contributed by atoms with Gasteiger partial charge in [-0.15, -0.1) is 0 Å². The SMILES string of the molecule is CCCCn1cc[n+](CC(O)(C(C)=C(C(C)C)C(C)C)c2ccccc2)c1. The molecule has 1 atom stereocenters. The minimum atomic E-state index is -1.02. The Morgan fingerprint density at radius 2 is 1.74 bits per heavy atom. The maximum Gasteiger partial charge on any atom is 0.243 e. The number of aryl methyl sites for hydroxylation is 1. The molecule has 1 unspecified atom stereocenters. The van der Waals surface area contributed by atoms with Gasteiger partial charge < -0.3 is 5.11 Å². The highest BCUT2D eigenvalue weighted by Gasteiger charge is 2.37. The van der Waals surface area contributed by atoms with Crippen LogP contribution < -0.4 is 4.57 Å². The normalized spacial score (nSPS) is 13.8. The zero-order valence-corrected chi connectivity index (χ0v) is 17.9. The van der Waals surface area contributed by atoms with Gasteiger partial charge in [-0.1, -0.05) is 76.9 Å². The number of allylic oxidation sites excluding steroid dienone is 1. The highest BCUT2D eigenvalue weighted by atomic mass is 16.3. The maximum absolute atomic E-state index is 12.0. The van der Waals surface area contributed by atoms with Gasteiger partial charge in [0, 0.05) is 0 Å².